The van der Waals surface area contributed by atoms with Crippen LogP contribution in [0.15, 0.2) is 77.8 Å². The summed E-state index contributed by atoms with van der Waals surface area (Å²) in [4.78, 5) is 33.1. The zero-order chi connectivity index (χ0) is 27.9. The molecule has 1 atom stereocenters. The molecule has 0 bridgehead atoms. The second-order valence-electron chi connectivity index (χ2n) is 10.5. The Kier molecular flexibility index (Phi) is 8.73. The Morgan fingerprint density at radius 3 is 2.45 bits per heavy atom. The number of carbonyl (C=O) groups is 2. The van der Waals surface area contributed by atoms with Gasteiger partial charge in [-0.2, -0.15) is 0 Å². The van der Waals surface area contributed by atoms with Crippen molar-refractivity contribution in [1.29, 1.82) is 0 Å². The molecule has 0 aromatic heterocycles. The van der Waals surface area contributed by atoms with Crippen molar-refractivity contribution in [2.75, 3.05) is 18.4 Å². The molecule has 2 amide bonds. The topological polar surface area (TPSA) is 73.8 Å². The molecule has 6 nitrogen and oxygen atoms in total. The van der Waals surface area contributed by atoms with Gasteiger partial charge in [-0.15, -0.1) is 0 Å². The van der Waals surface area contributed by atoms with Gasteiger partial charge in [0.1, 0.15) is 5.92 Å². The molecule has 40 heavy (non-hydrogen) atoms. The van der Waals surface area contributed by atoms with Gasteiger partial charge in [0.05, 0.1) is 11.4 Å². The number of likely N-dealkylation sites (tertiary alicyclic amines) is 1. The number of nitrogens with zero attached hydrogens (tertiary/aromatic N) is 2. The largest absolute Gasteiger partial charge is 0.343 e. The Morgan fingerprint density at radius 1 is 1.02 bits per heavy atom. The molecule has 0 aliphatic carbocycles. The lowest BCUT2D eigenvalue weighted by molar-refractivity contribution is -0.116. The lowest BCUT2D eigenvalue weighted by Crippen LogP contribution is -2.32. The summed E-state index contributed by atoms with van der Waals surface area (Å²) in [7, 11) is 0. The highest BCUT2D eigenvalue weighted by molar-refractivity contribution is 6.24. The summed E-state index contributed by atoms with van der Waals surface area (Å²) in [5.41, 5.74) is 5.92. The smallest absolute Gasteiger partial charge is 0.296 e. The first-order valence-electron chi connectivity index (χ1n) is 14.3. The number of amides is 2. The molecule has 0 saturated carbocycles. The third-order valence-corrected chi connectivity index (χ3v) is 7.66. The maximum Gasteiger partial charge on any atom is 0.296 e. The van der Waals surface area contributed by atoms with Gasteiger partial charge in [0.15, 0.2) is 0 Å². The number of hydrogen-bond acceptors (Lipinski definition) is 4. The average Bonchev–Trinajstić information content (AvgIpc) is 3.61. The summed E-state index contributed by atoms with van der Waals surface area (Å²) < 4.78 is 0. The van der Waals surface area contributed by atoms with Gasteiger partial charge in [0.25, 0.3) is 5.91 Å². The predicted octanol–water partition coefficient (Wildman–Crippen LogP) is 5.80. The molecule has 1 unspecified atom stereocenters. The van der Waals surface area contributed by atoms with Crippen molar-refractivity contribution in [3.63, 3.8) is 0 Å². The van der Waals surface area contributed by atoms with E-state index in [2.05, 4.69) is 39.5 Å². The SMILES string of the molecule is CCC(CC)NC(=O)C#Cc1ccc2c(c1)NC(=O)C2C(=Nc1ccc(CN2CCCC2)cc1)c1ccccc1. The van der Waals surface area contributed by atoms with E-state index in [4.69, 9.17) is 4.99 Å². The van der Waals surface area contributed by atoms with Crippen molar-refractivity contribution in [3.05, 3.63) is 95.1 Å². The van der Waals surface area contributed by atoms with E-state index in [1.807, 2.05) is 74.5 Å². The maximum atomic E-state index is 13.4. The van der Waals surface area contributed by atoms with Crippen LogP contribution in [-0.2, 0) is 16.1 Å². The Hall–Kier alpha value is -4.21. The first kappa shape index (κ1) is 27.4. The average molecular weight is 533 g/mol. The highest BCUT2D eigenvalue weighted by Crippen LogP contribution is 2.37. The lowest BCUT2D eigenvalue weighted by Gasteiger charge is -2.15. The molecule has 2 aliphatic heterocycles. The molecule has 0 radical (unpaired) electrons. The zero-order valence-electron chi connectivity index (χ0n) is 23.2. The van der Waals surface area contributed by atoms with Crippen molar-refractivity contribution < 1.29 is 9.59 Å². The summed E-state index contributed by atoms with van der Waals surface area (Å²) >= 11 is 0. The first-order chi connectivity index (χ1) is 19.5. The van der Waals surface area contributed by atoms with E-state index >= 15 is 0 Å². The normalized spacial score (nSPS) is 16.8. The molecule has 1 fully saturated rings. The molecule has 2 N–H and O–H groups in total. The lowest BCUT2D eigenvalue weighted by atomic mass is 9.90. The van der Waals surface area contributed by atoms with Crippen LogP contribution in [0.2, 0.25) is 0 Å². The molecule has 1 saturated heterocycles. The van der Waals surface area contributed by atoms with Crippen LogP contribution >= 0.6 is 0 Å². The van der Waals surface area contributed by atoms with Crippen LogP contribution < -0.4 is 10.6 Å². The van der Waals surface area contributed by atoms with Crippen LogP contribution in [0, 0.1) is 11.8 Å². The van der Waals surface area contributed by atoms with Crippen molar-refractivity contribution in [1.82, 2.24) is 10.2 Å². The molecule has 204 valence electrons. The van der Waals surface area contributed by atoms with E-state index < -0.39 is 5.92 Å². The molecule has 3 aromatic rings. The van der Waals surface area contributed by atoms with Gasteiger partial charge in [0.2, 0.25) is 5.91 Å². The van der Waals surface area contributed by atoms with Crippen molar-refractivity contribution >= 4 is 28.9 Å². The third-order valence-electron chi connectivity index (χ3n) is 7.66. The zero-order valence-corrected chi connectivity index (χ0v) is 23.2. The van der Waals surface area contributed by atoms with Gasteiger partial charge in [-0.25, -0.2) is 0 Å². The van der Waals surface area contributed by atoms with Crippen LogP contribution in [0.1, 0.15) is 67.7 Å². The minimum absolute atomic E-state index is 0.124. The summed E-state index contributed by atoms with van der Waals surface area (Å²) in [6, 6.07) is 23.9. The van der Waals surface area contributed by atoms with E-state index in [0.29, 0.717) is 17.0 Å². The molecule has 2 aliphatic rings. The number of hydrogen-bond donors (Lipinski definition) is 2. The Labute approximate surface area is 236 Å². The monoisotopic (exact) mass is 532 g/mol. The number of rotatable bonds is 8. The van der Waals surface area contributed by atoms with E-state index in [9.17, 15) is 9.59 Å². The van der Waals surface area contributed by atoms with Gasteiger partial charge in [-0.1, -0.05) is 68.3 Å². The van der Waals surface area contributed by atoms with E-state index in [1.165, 1.54) is 18.4 Å². The summed E-state index contributed by atoms with van der Waals surface area (Å²) in [5, 5.41) is 5.95. The number of anilines is 1. The first-order valence-corrected chi connectivity index (χ1v) is 14.3. The van der Waals surface area contributed by atoms with Gasteiger partial charge >= 0.3 is 0 Å². The molecule has 0 spiro atoms. The predicted molar refractivity (Wildman–Crippen MR) is 161 cm³/mol. The number of nitrogens with one attached hydrogen (secondary N) is 2. The van der Waals surface area contributed by atoms with E-state index in [1.54, 1.807) is 0 Å². The van der Waals surface area contributed by atoms with Crippen LogP contribution in [0.4, 0.5) is 11.4 Å². The number of carbonyl (C=O) groups excluding carboxylic acids is 2. The van der Waals surface area contributed by atoms with Crippen LogP contribution in [-0.4, -0.2) is 41.6 Å². The minimum atomic E-state index is -0.554. The van der Waals surface area contributed by atoms with Crippen LogP contribution in [0.5, 0.6) is 0 Å². The van der Waals surface area contributed by atoms with E-state index in [-0.39, 0.29) is 17.9 Å². The van der Waals surface area contributed by atoms with Gasteiger partial charge in [-0.3, -0.25) is 19.5 Å². The number of benzene rings is 3. The Morgan fingerprint density at radius 2 is 1.75 bits per heavy atom. The molecule has 2 heterocycles. The summed E-state index contributed by atoms with van der Waals surface area (Å²) in [6.45, 7) is 7.36. The second-order valence-corrected chi connectivity index (χ2v) is 10.5. The Bertz CT molecular complexity index is 1440. The fourth-order valence-corrected chi connectivity index (χ4v) is 5.37. The minimum Gasteiger partial charge on any atom is -0.343 e. The molecule has 6 heteroatoms. The van der Waals surface area contributed by atoms with Gasteiger partial charge in [0, 0.05) is 29.8 Å². The standard InChI is InChI=1S/C34H36N4O2/c1-3-27(4-2)35-31(39)19-15-24-14-18-29-30(22-24)37-34(40)32(29)33(26-10-6-5-7-11-26)36-28-16-12-25(13-17-28)23-38-20-8-9-21-38/h5-7,10-14,16-18,22,27,32H,3-4,8-9,20-21,23H2,1-2H3,(H,35,39)(H,37,40). The highest BCUT2D eigenvalue weighted by Gasteiger charge is 2.35. The molecular weight excluding hydrogens is 496 g/mol. The molecule has 5 rings (SSSR count). The van der Waals surface area contributed by atoms with E-state index in [0.717, 1.165) is 49.3 Å². The quantitative estimate of drug-likeness (QED) is 0.285. The number of aliphatic imine (C=N–C) groups is 1. The third kappa shape index (κ3) is 6.50. The second kappa shape index (κ2) is 12.8. The molecule has 3 aromatic carbocycles. The number of fused-ring (bicyclic) bond motifs is 1. The van der Waals surface area contributed by atoms with Crippen LogP contribution in [0.3, 0.4) is 0 Å². The van der Waals surface area contributed by atoms with Gasteiger partial charge in [-0.05, 0) is 79.7 Å². The highest BCUT2D eigenvalue weighted by atomic mass is 16.2. The van der Waals surface area contributed by atoms with Crippen LogP contribution in [0.25, 0.3) is 0 Å². The summed E-state index contributed by atoms with van der Waals surface area (Å²) in [5.74, 6) is 4.65. The maximum absolute atomic E-state index is 13.4. The van der Waals surface area contributed by atoms with Crippen molar-refractivity contribution in [2.45, 2.75) is 58.0 Å². The van der Waals surface area contributed by atoms with Crippen molar-refractivity contribution in [2.24, 2.45) is 4.99 Å². The van der Waals surface area contributed by atoms with Gasteiger partial charge < -0.3 is 10.6 Å². The fraction of sp³-hybridized carbons (Fsp3) is 0.324. The summed E-state index contributed by atoms with van der Waals surface area (Å²) in [6.07, 6.45) is 4.28. The fourth-order valence-electron chi connectivity index (χ4n) is 5.37. The Balaban J connectivity index is 1.41. The molecular formula is C34H36N4O2. The van der Waals surface area contributed by atoms with Crippen molar-refractivity contribution in [3.8, 4) is 11.8 Å².